The van der Waals surface area contributed by atoms with E-state index < -0.39 is 22.6 Å². The van der Waals surface area contributed by atoms with Gasteiger partial charge in [0.05, 0.1) is 5.70 Å². The van der Waals surface area contributed by atoms with Gasteiger partial charge in [0.2, 0.25) is 0 Å². The van der Waals surface area contributed by atoms with Gasteiger partial charge in [0, 0.05) is 17.0 Å². The van der Waals surface area contributed by atoms with Crippen LogP contribution in [0.1, 0.15) is 12.0 Å². The maximum atomic E-state index is 14.3. The van der Waals surface area contributed by atoms with E-state index in [1.807, 2.05) is 0 Å². The first-order valence-electron chi connectivity index (χ1n) is 6.30. The zero-order valence-corrected chi connectivity index (χ0v) is 12.7. The van der Waals surface area contributed by atoms with Gasteiger partial charge in [0.1, 0.15) is 22.9 Å². The van der Waals surface area contributed by atoms with Gasteiger partial charge in [-0.3, -0.25) is 4.79 Å². The summed E-state index contributed by atoms with van der Waals surface area (Å²) >= 11 is 12.3. The van der Waals surface area contributed by atoms with Gasteiger partial charge in [-0.1, -0.05) is 23.7 Å². The molecule has 3 N–H and O–H groups in total. The van der Waals surface area contributed by atoms with Crippen molar-refractivity contribution in [1.82, 2.24) is 0 Å². The molecule has 116 valence electrons. The van der Waals surface area contributed by atoms with Crippen LogP contribution in [0.25, 0.3) is 0 Å². The third kappa shape index (κ3) is 2.62. The predicted molar refractivity (Wildman–Crippen MR) is 81.2 cm³/mol. The second kappa shape index (κ2) is 6.10. The van der Waals surface area contributed by atoms with Crippen LogP contribution in [0, 0.1) is 5.92 Å². The molecule has 0 spiro atoms. The Morgan fingerprint density at radius 1 is 1.41 bits per heavy atom. The Morgan fingerprint density at radius 3 is 2.50 bits per heavy atom. The molecule has 0 saturated heterocycles. The smallest absolute Gasteiger partial charge is 0.312 e. The molecule has 22 heavy (non-hydrogen) atoms. The van der Waals surface area contributed by atoms with Crippen LogP contribution in [0.2, 0.25) is 5.02 Å². The van der Waals surface area contributed by atoms with Gasteiger partial charge in [-0.05, 0) is 23.8 Å². The molecule has 1 aromatic carbocycles. The molecule has 2 atom stereocenters. The molecule has 4 nitrogen and oxygen atoms in total. The van der Waals surface area contributed by atoms with E-state index in [1.165, 1.54) is 24.3 Å². The summed E-state index contributed by atoms with van der Waals surface area (Å²) in [7, 11) is 0. The second-order valence-electron chi connectivity index (χ2n) is 4.82. The molecule has 1 aliphatic carbocycles. The van der Waals surface area contributed by atoms with Crippen molar-refractivity contribution in [1.29, 1.82) is 0 Å². The quantitative estimate of drug-likeness (QED) is 0.650. The van der Waals surface area contributed by atoms with Gasteiger partial charge in [0.15, 0.2) is 0 Å². The molecule has 0 amide bonds. The molecule has 1 aliphatic rings. The number of hydrogen-bond donors (Lipinski definition) is 2. The summed E-state index contributed by atoms with van der Waals surface area (Å²) in [6.07, 6.45) is 1.14. The molecule has 0 aromatic heterocycles. The number of hydrogen-bond acceptors (Lipinski definition) is 3. The highest BCUT2D eigenvalue weighted by Crippen LogP contribution is 2.50. The fourth-order valence-electron chi connectivity index (χ4n) is 2.50. The number of rotatable bonds is 4. The molecule has 0 saturated carbocycles. The highest BCUT2D eigenvalue weighted by molar-refractivity contribution is 6.31. The van der Waals surface area contributed by atoms with E-state index in [2.05, 4.69) is 0 Å². The number of carboxylic acid groups (broad SMARTS) is 1. The monoisotopic (exact) mass is 343 g/mol. The lowest BCUT2D eigenvalue weighted by Crippen LogP contribution is -2.40. The van der Waals surface area contributed by atoms with E-state index in [1.54, 1.807) is 0 Å². The Balaban J connectivity index is 2.71. The van der Waals surface area contributed by atoms with Crippen LogP contribution in [0.4, 0.5) is 4.39 Å². The normalized spacial score (nSPS) is 24.9. The highest BCUT2D eigenvalue weighted by Gasteiger charge is 2.49. The summed E-state index contributed by atoms with van der Waals surface area (Å²) in [5.74, 6) is -3.46. The van der Waals surface area contributed by atoms with E-state index in [4.69, 9.17) is 28.9 Å². The summed E-state index contributed by atoms with van der Waals surface area (Å²) in [5, 5.41) is 9.86. The molecule has 0 heterocycles. The van der Waals surface area contributed by atoms with E-state index in [-0.39, 0.29) is 17.7 Å². The van der Waals surface area contributed by atoms with Crippen molar-refractivity contribution in [2.75, 3.05) is 0 Å². The van der Waals surface area contributed by atoms with E-state index >= 15 is 0 Å². The van der Waals surface area contributed by atoms with Gasteiger partial charge in [0.25, 0.3) is 0 Å². The zero-order valence-electron chi connectivity index (χ0n) is 11.2. The number of allylic oxidation sites excluding steroid dienone is 2. The molecular formula is C15H12Cl2FNO3. The van der Waals surface area contributed by atoms with Crippen molar-refractivity contribution in [3.8, 4) is 0 Å². The van der Waals surface area contributed by atoms with Crippen molar-refractivity contribution < 1.29 is 19.1 Å². The van der Waals surface area contributed by atoms with Crippen LogP contribution in [0.3, 0.4) is 0 Å². The number of halogens is 3. The minimum absolute atomic E-state index is 0.168. The average Bonchev–Trinajstić information content (AvgIpc) is 2.47. The van der Waals surface area contributed by atoms with Crippen molar-refractivity contribution in [2.45, 2.75) is 11.3 Å². The van der Waals surface area contributed by atoms with Gasteiger partial charge in [-0.15, -0.1) is 11.6 Å². The first-order chi connectivity index (χ1) is 10.3. The van der Waals surface area contributed by atoms with Crippen LogP contribution in [-0.4, -0.2) is 17.4 Å². The van der Waals surface area contributed by atoms with Crippen LogP contribution in [0.15, 0.2) is 47.4 Å². The number of aliphatic carboxylic acids is 1. The fourth-order valence-corrected chi connectivity index (χ4v) is 3.07. The summed E-state index contributed by atoms with van der Waals surface area (Å²) in [6, 6.07) is 6.02. The molecule has 7 heteroatoms. The maximum Gasteiger partial charge on any atom is 0.312 e. The lowest BCUT2D eigenvalue weighted by molar-refractivity contribution is -0.141. The number of carbonyl (C=O) groups is 2. The number of nitrogens with two attached hydrogens (primary N) is 1. The summed E-state index contributed by atoms with van der Waals surface area (Å²) in [5.41, 5.74) is 5.33. The van der Waals surface area contributed by atoms with Crippen LogP contribution < -0.4 is 5.73 Å². The third-order valence-corrected chi connectivity index (χ3v) is 4.48. The Morgan fingerprint density at radius 2 is 2.00 bits per heavy atom. The minimum atomic E-state index is -1.75. The first-order valence-corrected chi connectivity index (χ1v) is 7.06. The van der Waals surface area contributed by atoms with E-state index in [0.29, 0.717) is 16.9 Å². The molecule has 0 bridgehead atoms. The SMILES string of the molecule is NC1=CC(C(=O)O)C(Cl)(c2ccc(Cl)cc2)C(CC=O)=C1F. The molecule has 2 unspecified atom stereocenters. The topological polar surface area (TPSA) is 80.4 Å². The van der Waals surface area contributed by atoms with E-state index in [9.17, 15) is 19.1 Å². The molecule has 0 fully saturated rings. The second-order valence-corrected chi connectivity index (χ2v) is 5.85. The van der Waals surface area contributed by atoms with E-state index in [0.717, 1.165) is 6.08 Å². The van der Waals surface area contributed by atoms with Crippen molar-refractivity contribution in [3.05, 3.63) is 58.0 Å². The van der Waals surface area contributed by atoms with Gasteiger partial charge in [-0.2, -0.15) is 0 Å². The summed E-state index contributed by atoms with van der Waals surface area (Å²) < 4.78 is 14.3. The van der Waals surface area contributed by atoms with Gasteiger partial charge in [-0.25, -0.2) is 4.39 Å². The minimum Gasteiger partial charge on any atom is -0.481 e. The van der Waals surface area contributed by atoms with Crippen LogP contribution >= 0.6 is 23.2 Å². The van der Waals surface area contributed by atoms with Gasteiger partial charge < -0.3 is 15.6 Å². The summed E-state index contributed by atoms with van der Waals surface area (Å²) in [4.78, 5) is 20.7. The molecular weight excluding hydrogens is 332 g/mol. The third-order valence-electron chi connectivity index (χ3n) is 3.55. The molecule has 1 aromatic rings. The number of aldehydes is 1. The Labute approximate surface area is 136 Å². The van der Waals surface area contributed by atoms with Crippen molar-refractivity contribution >= 4 is 35.5 Å². The number of alkyl halides is 1. The predicted octanol–water partition coefficient (Wildman–Crippen LogP) is 3.14. The van der Waals surface area contributed by atoms with Gasteiger partial charge >= 0.3 is 5.97 Å². The average molecular weight is 344 g/mol. The molecule has 2 rings (SSSR count). The first kappa shape index (κ1) is 16.5. The number of benzene rings is 1. The largest absolute Gasteiger partial charge is 0.481 e. The maximum absolute atomic E-state index is 14.3. The molecule has 0 aliphatic heterocycles. The van der Waals surface area contributed by atoms with Crippen molar-refractivity contribution in [2.24, 2.45) is 11.7 Å². The lowest BCUT2D eigenvalue weighted by atomic mass is 9.74. The molecule has 0 radical (unpaired) electrons. The zero-order chi connectivity index (χ0) is 16.5. The summed E-state index contributed by atoms with van der Waals surface area (Å²) in [6.45, 7) is 0. The van der Waals surface area contributed by atoms with Crippen LogP contribution in [0.5, 0.6) is 0 Å². The Kier molecular flexibility index (Phi) is 4.58. The fraction of sp³-hybridized carbons (Fsp3) is 0.200. The highest BCUT2D eigenvalue weighted by atomic mass is 35.5. The van der Waals surface area contributed by atoms with Crippen molar-refractivity contribution in [3.63, 3.8) is 0 Å². The standard InChI is InChI=1S/C15H12Cl2FNO3/c16-9-3-1-8(2-4-9)15(17)10(5-6-20)13(18)12(19)7-11(15)14(21)22/h1-4,6-7,11H,5,19H2,(H,21,22). The van der Waals surface area contributed by atoms with Crippen LogP contribution in [-0.2, 0) is 14.5 Å². The Hall–Kier alpha value is -1.85. The number of carbonyl (C=O) groups excluding carboxylic acids is 1. The Bertz CT molecular complexity index is 685. The number of carboxylic acids is 1. The lowest BCUT2D eigenvalue weighted by Gasteiger charge is -2.37.